The van der Waals surface area contributed by atoms with Gasteiger partial charge in [0.25, 0.3) is 5.91 Å². The van der Waals surface area contributed by atoms with Crippen molar-refractivity contribution in [3.63, 3.8) is 0 Å². The van der Waals surface area contributed by atoms with Crippen LogP contribution in [0.1, 0.15) is 45.2 Å². The van der Waals surface area contributed by atoms with Gasteiger partial charge in [0.1, 0.15) is 4.88 Å². The van der Waals surface area contributed by atoms with Gasteiger partial charge in [-0.3, -0.25) is 4.79 Å². The summed E-state index contributed by atoms with van der Waals surface area (Å²) in [6.45, 7) is 5.75. The number of sulfonamides is 1. The molecule has 30 heavy (non-hydrogen) atoms. The van der Waals surface area contributed by atoms with Crippen molar-refractivity contribution < 1.29 is 22.7 Å². The highest BCUT2D eigenvalue weighted by molar-refractivity contribution is 7.89. The van der Waals surface area contributed by atoms with Gasteiger partial charge in [-0.05, 0) is 51.3 Å². The first-order valence-corrected chi connectivity index (χ1v) is 12.0. The Bertz CT molecular complexity index is 1060. The molecule has 0 radical (unpaired) electrons. The quantitative estimate of drug-likeness (QED) is 0.677. The minimum absolute atomic E-state index is 0.176. The molecule has 1 aromatic carbocycles. The molecule has 1 aromatic heterocycles. The molecule has 0 unspecified atom stereocenters. The summed E-state index contributed by atoms with van der Waals surface area (Å²) in [7, 11) is -3.62. The van der Waals surface area contributed by atoms with Gasteiger partial charge in [0, 0.05) is 18.8 Å². The number of anilines is 1. The number of aromatic nitrogens is 1. The molecule has 0 bridgehead atoms. The molecule has 1 saturated heterocycles. The van der Waals surface area contributed by atoms with Gasteiger partial charge >= 0.3 is 5.97 Å². The average molecular weight is 452 g/mol. The van der Waals surface area contributed by atoms with E-state index in [9.17, 15) is 18.0 Å². The molecule has 8 nitrogen and oxygen atoms in total. The van der Waals surface area contributed by atoms with Crippen molar-refractivity contribution in [2.24, 2.45) is 0 Å². The predicted molar refractivity (Wildman–Crippen MR) is 114 cm³/mol. The fourth-order valence-electron chi connectivity index (χ4n) is 3.31. The van der Waals surface area contributed by atoms with Crippen LogP contribution in [0.15, 0.2) is 23.1 Å². The molecule has 162 valence electrons. The lowest BCUT2D eigenvalue weighted by molar-refractivity contribution is -0.119. The minimum Gasteiger partial charge on any atom is -0.451 e. The molecule has 0 atom stereocenters. The summed E-state index contributed by atoms with van der Waals surface area (Å²) in [5, 5.41) is 3.34. The van der Waals surface area contributed by atoms with Crippen molar-refractivity contribution in [1.82, 2.24) is 9.29 Å². The van der Waals surface area contributed by atoms with Gasteiger partial charge in [-0.25, -0.2) is 18.2 Å². The first kappa shape index (κ1) is 22.4. The molecule has 2 heterocycles. The molecule has 2 aromatic rings. The summed E-state index contributed by atoms with van der Waals surface area (Å²) in [6.07, 6.45) is 2.72. The molecule has 1 aliphatic rings. The summed E-state index contributed by atoms with van der Waals surface area (Å²) in [5.41, 5.74) is 1.51. The lowest BCUT2D eigenvalue weighted by atomic mass is 10.2. The number of ether oxygens (including phenoxy) is 1. The van der Waals surface area contributed by atoms with Gasteiger partial charge in [0.15, 0.2) is 6.61 Å². The number of carbonyl (C=O) groups excluding carboxylic acids is 2. The summed E-state index contributed by atoms with van der Waals surface area (Å²) < 4.78 is 32.5. The van der Waals surface area contributed by atoms with Gasteiger partial charge < -0.3 is 10.1 Å². The molecule has 10 heteroatoms. The Balaban J connectivity index is 1.66. The fraction of sp³-hybridized carbons (Fsp3) is 0.450. The number of nitrogens with zero attached hydrogens (tertiary/aromatic N) is 2. The number of hydrogen-bond donors (Lipinski definition) is 1. The van der Waals surface area contributed by atoms with Gasteiger partial charge in [0.05, 0.1) is 15.6 Å². The zero-order valence-corrected chi connectivity index (χ0v) is 18.9. The van der Waals surface area contributed by atoms with Crippen LogP contribution in [0.25, 0.3) is 0 Å². The van der Waals surface area contributed by atoms with Crippen LogP contribution in [0.4, 0.5) is 5.69 Å². The largest absolute Gasteiger partial charge is 0.451 e. The fourth-order valence-corrected chi connectivity index (χ4v) is 5.90. The molecule has 3 rings (SSSR count). The number of piperidine rings is 1. The number of amides is 1. The Morgan fingerprint density at radius 1 is 1.17 bits per heavy atom. The van der Waals surface area contributed by atoms with E-state index in [1.807, 2.05) is 0 Å². The monoisotopic (exact) mass is 451 g/mol. The Morgan fingerprint density at radius 3 is 2.50 bits per heavy atom. The molecule has 0 aliphatic carbocycles. The Labute approximate surface area is 180 Å². The molecular formula is C20H25N3O5S2. The van der Waals surface area contributed by atoms with Crippen molar-refractivity contribution in [3.8, 4) is 0 Å². The lowest BCUT2D eigenvalue weighted by Crippen LogP contribution is -2.36. The zero-order valence-electron chi connectivity index (χ0n) is 17.2. The molecule has 0 spiro atoms. The second kappa shape index (κ2) is 9.23. The molecule has 0 saturated carbocycles. The Kier molecular flexibility index (Phi) is 6.89. The molecule has 1 amide bonds. The van der Waals surface area contributed by atoms with E-state index < -0.39 is 28.5 Å². The normalized spacial score (nSPS) is 15.0. The van der Waals surface area contributed by atoms with Gasteiger partial charge in [0.2, 0.25) is 10.0 Å². The second-order valence-corrected chi connectivity index (χ2v) is 10.3. The standard InChI is InChI=1S/C20H25N3O5S2/c1-13-7-8-16(11-17(13)30(26,27)23-9-5-4-6-10-23)22-18(24)12-28-20(25)19-14(2)21-15(3)29-19/h7-8,11H,4-6,9-10,12H2,1-3H3,(H,22,24). The van der Waals surface area contributed by atoms with E-state index in [2.05, 4.69) is 10.3 Å². The number of thiazole rings is 1. The van der Waals surface area contributed by atoms with E-state index >= 15 is 0 Å². The van der Waals surface area contributed by atoms with E-state index in [4.69, 9.17) is 4.74 Å². The third-order valence-electron chi connectivity index (χ3n) is 4.83. The lowest BCUT2D eigenvalue weighted by Gasteiger charge is -2.26. The van der Waals surface area contributed by atoms with Crippen LogP contribution in [0.3, 0.4) is 0 Å². The van der Waals surface area contributed by atoms with Crippen molar-refractivity contribution in [3.05, 3.63) is 39.3 Å². The molecule has 1 fully saturated rings. The minimum atomic E-state index is -3.62. The second-order valence-electron chi connectivity index (χ2n) is 7.22. The van der Waals surface area contributed by atoms with Gasteiger partial charge in [-0.15, -0.1) is 11.3 Å². The molecule has 1 aliphatic heterocycles. The van der Waals surface area contributed by atoms with Crippen LogP contribution in [-0.4, -0.2) is 49.3 Å². The average Bonchev–Trinajstić information content (AvgIpc) is 3.06. The van der Waals surface area contributed by atoms with Crippen molar-refractivity contribution in [1.29, 1.82) is 0 Å². The van der Waals surface area contributed by atoms with Crippen LogP contribution < -0.4 is 5.32 Å². The van der Waals surface area contributed by atoms with Crippen molar-refractivity contribution in [2.75, 3.05) is 25.0 Å². The van der Waals surface area contributed by atoms with Crippen LogP contribution in [0.5, 0.6) is 0 Å². The Morgan fingerprint density at radius 2 is 1.87 bits per heavy atom. The summed E-state index contributed by atoms with van der Waals surface area (Å²) in [5.74, 6) is -1.15. The maximum absolute atomic E-state index is 13.0. The zero-order chi connectivity index (χ0) is 21.9. The third kappa shape index (κ3) is 5.05. The highest BCUT2D eigenvalue weighted by Gasteiger charge is 2.27. The van der Waals surface area contributed by atoms with E-state index in [0.29, 0.717) is 34.9 Å². The van der Waals surface area contributed by atoms with E-state index in [1.54, 1.807) is 32.9 Å². The molecule has 1 N–H and O–H groups in total. The SMILES string of the molecule is Cc1nc(C)c(C(=O)OCC(=O)Nc2ccc(C)c(S(=O)(=O)N3CCCCC3)c2)s1. The summed E-state index contributed by atoms with van der Waals surface area (Å²) in [4.78, 5) is 29.1. The maximum atomic E-state index is 13.0. The number of benzene rings is 1. The highest BCUT2D eigenvalue weighted by atomic mass is 32.2. The van der Waals surface area contributed by atoms with Crippen molar-refractivity contribution >= 4 is 38.9 Å². The van der Waals surface area contributed by atoms with Crippen LogP contribution >= 0.6 is 11.3 Å². The van der Waals surface area contributed by atoms with Gasteiger partial charge in [-0.1, -0.05) is 12.5 Å². The van der Waals surface area contributed by atoms with E-state index in [0.717, 1.165) is 24.3 Å². The number of rotatable bonds is 6. The summed E-state index contributed by atoms with van der Waals surface area (Å²) in [6, 6.07) is 4.73. The predicted octanol–water partition coefficient (Wildman–Crippen LogP) is 3.04. The van der Waals surface area contributed by atoms with E-state index in [1.165, 1.54) is 21.7 Å². The smallest absolute Gasteiger partial charge is 0.350 e. The number of hydrogen-bond acceptors (Lipinski definition) is 7. The Hall–Kier alpha value is -2.30. The molecular weight excluding hydrogens is 426 g/mol. The number of carbonyl (C=O) groups is 2. The van der Waals surface area contributed by atoms with Crippen LogP contribution in [0, 0.1) is 20.8 Å². The van der Waals surface area contributed by atoms with E-state index in [-0.39, 0.29) is 4.90 Å². The van der Waals surface area contributed by atoms with Gasteiger partial charge in [-0.2, -0.15) is 4.31 Å². The maximum Gasteiger partial charge on any atom is 0.350 e. The third-order valence-corrected chi connectivity index (χ3v) is 7.92. The first-order valence-electron chi connectivity index (χ1n) is 9.70. The number of esters is 1. The first-order chi connectivity index (χ1) is 14.2. The topological polar surface area (TPSA) is 106 Å². The van der Waals surface area contributed by atoms with Crippen molar-refractivity contribution in [2.45, 2.75) is 44.9 Å². The van der Waals surface area contributed by atoms with Crippen LogP contribution in [0.2, 0.25) is 0 Å². The number of nitrogens with one attached hydrogen (secondary N) is 1. The summed E-state index contributed by atoms with van der Waals surface area (Å²) >= 11 is 1.21. The number of aryl methyl sites for hydroxylation is 3. The van der Waals surface area contributed by atoms with Crippen LogP contribution in [-0.2, 0) is 19.6 Å². The highest BCUT2D eigenvalue weighted by Crippen LogP contribution is 2.26.